The molecule has 0 radical (unpaired) electrons. The highest BCUT2D eigenvalue weighted by Gasteiger charge is 2.28. The largest absolute Gasteiger partial charge is 0.497 e. The maximum atomic E-state index is 13.7. The first-order valence-corrected chi connectivity index (χ1v) is 12.2. The number of piperazine rings is 1. The molecule has 7 heteroatoms. The van der Waals surface area contributed by atoms with Gasteiger partial charge in [0.2, 0.25) is 9.84 Å². The second-order valence-corrected chi connectivity index (χ2v) is 9.69. The number of anilines is 1. The minimum absolute atomic E-state index is 0.245. The topological polar surface area (TPSA) is 62.7 Å². The van der Waals surface area contributed by atoms with Crippen LogP contribution in [-0.4, -0.2) is 58.1 Å². The fraction of sp³-hybridized carbons (Fsp3) is 0.375. The number of ether oxygens (including phenoxy) is 1. The Kier molecular flexibility index (Phi) is 6.16. The van der Waals surface area contributed by atoms with E-state index in [0.717, 1.165) is 55.7 Å². The summed E-state index contributed by atoms with van der Waals surface area (Å²) in [6.45, 7) is 8.66. The van der Waals surface area contributed by atoms with Crippen molar-refractivity contribution in [2.24, 2.45) is 0 Å². The number of fused-ring (bicyclic) bond motifs is 1. The molecule has 0 N–H and O–H groups in total. The summed E-state index contributed by atoms with van der Waals surface area (Å²) in [5.74, 6) is 0.624. The number of aromatic nitrogens is 1. The maximum absolute atomic E-state index is 13.7. The summed E-state index contributed by atoms with van der Waals surface area (Å²) in [5, 5.41) is 0.902. The average molecular weight is 440 g/mol. The van der Waals surface area contributed by atoms with Gasteiger partial charge in [0, 0.05) is 37.8 Å². The molecule has 1 saturated heterocycles. The van der Waals surface area contributed by atoms with Crippen LogP contribution in [0.1, 0.15) is 19.4 Å². The number of sulfone groups is 1. The second-order valence-electron chi connectivity index (χ2n) is 7.78. The molecule has 31 heavy (non-hydrogen) atoms. The van der Waals surface area contributed by atoms with E-state index in [1.807, 2.05) is 6.07 Å². The standard InChI is InChI=1S/C24H29N3O3S/c1-4-18-6-11-22-21(16-18)24(27-14-12-26(5-2)13-15-27)23(17-25-22)31(28,29)20-9-7-19(30-3)8-10-20/h6-11,16-17H,4-5,12-15H2,1-3H3. The van der Waals surface area contributed by atoms with Crippen molar-refractivity contribution in [1.29, 1.82) is 0 Å². The van der Waals surface area contributed by atoms with Gasteiger partial charge in [-0.1, -0.05) is 19.9 Å². The molecule has 0 spiro atoms. The Morgan fingerprint density at radius 1 is 1.00 bits per heavy atom. The van der Waals surface area contributed by atoms with Crippen molar-refractivity contribution in [3.8, 4) is 5.75 Å². The quantitative estimate of drug-likeness (QED) is 0.583. The molecule has 0 atom stereocenters. The van der Waals surface area contributed by atoms with Crippen LogP contribution in [0.15, 0.2) is 58.5 Å². The minimum Gasteiger partial charge on any atom is -0.497 e. The van der Waals surface area contributed by atoms with E-state index in [1.54, 1.807) is 31.4 Å². The van der Waals surface area contributed by atoms with Crippen LogP contribution in [0.25, 0.3) is 10.9 Å². The Morgan fingerprint density at radius 2 is 1.71 bits per heavy atom. The molecule has 1 aromatic heterocycles. The lowest BCUT2D eigenvalue weighted by Gasteiger charge is -2.36. The van der Waals surface area contributed by atoms with Crippen LogP contribution in [0.2, 0.25) is 0 Å². The van der Waals surface area contributed by atoms with E-state index in [9.17, 15) is 8.42 Å². The first-order valence-electron chi connectivity index (χ1n) is 10.8. The van der Waals surface area contributed by atoms with Crippen molar-refractivity contribution in [2.75, 3.05) is 44.7 Å². The molecule has 0 unspecified atom stereocenters. The molecular weight excluding hydrogens is 410 g/mol. The third-order valence-electron chi connectivity index (χ3n) is 6.07. The fourth-order valence-corrected chi connectivity index (χ4v) is 5.55. The number of methoxy groups -OCH3 is 1. The number of hydrogen-bond donors (Lipinski definition) is 0. The summed E-state index contributed by atoms with van der Waals surface area (Å²) in [6, 6.07) is 12.7. The smallest absolute Gasteiger partial charge is 0.210 e. The van der Waals surface area contributed by atoms with Gasteiger partial charge in [0.1, 0.15) is 10.6 Å². The average Bonchev–Trinajstić information content (AvgIpc) is 2.83. The molecule has 3 aromatic rings. The van der Waals surface area contributed by atoms with E-state index in [4.69, 9.17) is 4.74 Å². The third-order valence-corrected chi connectivity index (χ3v) is 7.84. The second kappa shape index (κ2) is 8.85. The Labute approximate surface area is 184 Å². The number of aryl methyl sites for hydroxylation is 1. The van der Waals surface area contributed by atoms with Crippen molar-refractivity contribution in [2.45, 2.75) is 30.1 Å². The first-order chi connectivity index (χ1) is 15.0. The Bertz CT molecular complexity index is 1170. The molecule has 2 aromatic carbocycles. The predicted molar refractivity (Wildman–Crippen MR) is 124 cm³/mol. The van der Waals surface area contributed by atoms with Crippen LogP contribution in [0.4, 0.5) is 5.69 Å². The molecule has 0 saturated carbocycles. The Hall–Kier alpha value is -2.64. The molecule has 6 nitrogen and oxygen atoms in total. The minimum atomic E-state index is -3.75. The number of likely N-dealkylation sites (N-methyl/N-ethyl adjacent to an activating group) is 1. The molecule has 2 heterocycles. The van der Waals surface area contributed by atoms with Crippen LogP contribution in [-0.2, 0) is 16.3 Å². The molecule has 1 aliphatic rings. The van der Waals surface area contributed by atoms with Crippen LogP contribution in [0.3, 0.4) is 0 Å². The van der Waals surface area contributed by atoms with Crippen LogP contribution < -0.4 is 9.64 Å². The summed E-state index contributed by atoms with van der Waals surface area (Å²) in [6.07, 6.45) is 2.41. The number of hydrogen-bond acceptors (Lipinski definition) is 6. The molecule has 1 fully saturated rings. The lowest BCUT2D eigenvalue weighted by molar-refractivity contribution is 0.271. The number of rotatable bonds is 6. The summed E-state index contributed by atoms with van der Waals surface area (Å²) in [4.78, 5) is 9.64. The van der Waals surface area contributed by atoms with Gasteiger partial charge in [-0.05, 0) is 54.9 Å². The lowest BCUT2D eigenvalue weighted by atomic mass is 10.1. The van der Waals surface area contributed by atoms with Crippen molar-refractivity contribution >= 4 is 26.4 Å². The zero-order valence-corrected chi connectivity index (χ0v) is 19.2. The van der Waals surface area contributed by atoms with Crippen LogP contribution in [0.5, 0.6) is 5.75 Å². The van der Waals surface area contributed by atoms with Crippen molar-refractivity contribution in [3.63, 3.8) is 0 Å². The van der Waals surface area contributed by atoms with Crippen LogP contribution >= 0.6 is 0 Å². The highest BCUT2D eigenvalue weighted by molar-refractivity contribution is 7.91. The normalized spacial score (nSPS) is 15.4. The predicted octanol–water partition coefficient (Wildman–Crippen LogP) is 3.78. The van der Waals surface area contributed by atoms with Gasteiger partial charge in [-0.2, -0.15) is 0 Å². The summed E-state index contributed by atoms with van der Waals surface area (Å²) in [5.41, 5.74) is 2.76. The lowest BCUT2D eigenvalue weighted by Crippen LogP contribution is -2.46. The molecular formula is C24H29N3O3S. The van der Waals surface area contributed by atoms with E-state index in [1.165, 1.54) is 11.8 Å². The van der Waals surface area contributed by atoms with Gasteiger partial charge in [-0.15, -0.1) is 0 Å². The zero-order chi connectivity index (χ0) is 22.0. The molecule has 4 rings (SSSR count). The molecule has 1 aliphatic heterocycles. The summed E-state index contributed by atoms with van der Waals surface area (Å²) in [7, 11) is -2.18. The Balaban J connectivity index is 1.89. The van der Waals surface area contributed by atoms with Gasteiger partial charge in [-0.3, -0.25) is 4.98 Å². The monoisotopic (exact) mass is 439 g/mol. The van der Waals surface area contributed by atoms with E-state index >= 15 is 0 Å². The van der Waals surface area contributed by atoms with Gasteiger partial charge in [0.15, 0.2) is 0 Å². The van der Waals surface area contributed by atoms with E-state index < -0.39 is 9.84 Å². The zero-order valence-electron chi connectivity index (χ0n) is 18.3. The first kappa shape index (κ1) is 21.6. The van der Waals surface area contributed by atoms with Gasteiger partial charge in [-0.25, -0.2) is 8.42 Å². The summed E-state index contributed by atoms with van der Waals surface area (Å²) < 4.78 is 32.6. The van der Waals surface area contributed by atoms with E-state index in [2.05, 4.69) is 40.8 Å². The third kappa shape index (κ3) is 4.12. The molecule has 0 bridgehead atoms. The highest BCUT2D eigenvalue weighted by atomic mass is 32.2. The van der Waals surface area contributed by atoms with Crippen molar-refractivity contribution < 1.29 is 13.2 Å². The molecule has 0 aliphatic carbocycles. The fourth-order valence-electron chi connectivity index (χ4n) is 4.12. The number of nitrogens with zero attached hydrogens (tertiary/aromatic N) is 3. The molecule has 164 valence electrons. The van der Waals surface area contributed by atoms with Gasteiger partial charge in [0.05, 0.1) is 23.2 Å². The highest BCUT2D eigenvalue weighted by Crippen LogP contribution is 2.37. The maximum Gasteiger partial charge on any atom is 0.210 e. The van der Waals surface area contributed by atoms with Gasteiger partial charge in [0.25, 0.3) is 0 Å². The SMILES string of the molecule is CCc1ccc2ncc(S(=O)(=O)c3ccc(OC)cc3)c(N3CCN(CC)CC3)c2c1. The van der Waals surface area contributed by atoms with E-state index in [0.29, 0.717) is 5.75 Å². The van der Waals surface area contributed by atoms with Gasteiger partial charge < -0.3 is 14.5 Å². The summed E-state index contributed by atoms with van der Waals surface area (Å²) >= 11 is 0. The van der Waals surface area contributed by atoms with Crippen LogP contribution in [0, 0.1) is 0 Å². The molecule has 0 amide bonds. The number of pyridine rings is 1. The van der Waals surface area contributed by atoms with Gasteiger partial charge >= 0.3 is 0 Å². The Morgan fingerprint density at radius 3 is 2.32 bits per heavy atom. The van der Waals surface area contributed by atoms with Crippen molar-refractivity contribution in [3.05, 3.63) is 54.2 Å². The van der Waals surface area contributed by atoms with Crippen molar-refractivity contribution in [1.82, 2.24) is 9.88 Å². The van der Waals surface area contributed by atoms with E-state index in [-0.39, 0.29) is 9.79 Å². The number of benzene rings is 2.